The second-order valence-corrected chi connectivity index (χ2v) is 7.71. The monoisotopic (exact) mass is 370 g/mol. The molecule has 2 atom stereocenters. The lowest BCUT2D eigenvalue weighted by Gasteiger charge is -2.33. The van der Waals surface area contributed by atoms with Gasteiger partial charge in [0.15, 0.2) is 0 Å². The number of hydrogen-bond acceptors (Lipinski definition) is 3. The summed E-state index contributed by atoms with van der Waals surface area (Å²) < 4.78 is 6.40. The molecule has 128 valence electrons. The van der Waals surface area contributed by atoms with E-state index in [-0.39, 0.29) is 6.10 Å². The molecule has 25 heavy (non-hydrogen) atoms. The molecule has 5 heteroatoms. The van der Waals surface area contributed by atoms with Gasteiger partial charge >= 0.3 is 0 Å². The molecular weight excluding hydrogens is 352 g/mol. The van der Waals surface area contributed by atoms with Crippen LogP contribution in [0.2, 0.25) is 5.02 Å². The number of ether oxygens (including phenoxy) is 1. The summed E-state index contributed by atoms with van der Waals surface area (Å²) in [4.78, 5) is 8.93. The van der Waals surface area contributed by atoms with Crippen molar-refractivity contribution in [1.29, 1.82) is 0 Å². The molecule has 3 aromatic rings. The number of benzene rings is 2. The number of nitrogens with one attached hydrogen (secondary N) is 1. The third kappa shape index (κ3) is 3.92. The van der Waals surface area contributed by atoms with Crippen LogP contribution in [0.15, 0.2) is 65.8 Å². The number of halogens is 1. The first-order chi connectivity index (χ1) is 12.3. The number of H-pyrrole nitrogens is 1. The highest BCUT2D eigenvalue weighted by molar-refractivity contribution is 7.99. The van der Waals surface area contributed by atoms with Gasteiger partial charge in [-0.25, -0.2) is 4.98 Å². The first kappa shape index (κ1) is 16.7. The molecule has 0 saturated heterocycles. The molecule has 1 N–H and O–H groups in total. The van der Waals surface area contributed by atoms with E-state index >= 15 is 0 Å². The minimum absolute atomic E-state index is 0.0678. The quantitative estimate of drug-likeness (QED) is 0.663. The number of thioether (sulfide) groups is 1. The number of nitrogens with zero attached hydrogens (tertiary/aromatic N) is 1. The molecule has 2 aromatic carbocycles. The summed E-state index contributed by atoms with van der Waals surface area (Å²) in [6.45, 7) is 0.579. The van der Waals surface area contributed by atoms with Crippen molar-refractivity contribution in [3.8, 4) is 0 Å². The van der Waals surface area contributed by atoms with Crippen molar-refractivity contribution in [3.63, 3.8) is 0 Å². The normalized spacial score (nSPS) is 19.6. The number of aromatic nitrogens is 2. The zero-order valence-electron chi connectivity index (χ0n) is 13.7. The lowest BCUT2D eigenvalue weighted by atomic mass is 9.93. The smallest absolute Gasteiger partial charge is 0.106 e. The number of hydrogen-bond donors (Lipinski definition) is 1. The Morgan fingerprint density at radius 2 is 2.00 bits per heavy atom. The van der Waals surface area contributed by atoms with Crippen LogP contribution in [0.5, 0.6) is 0 Å². The molecule has 0 unspecified atom stereocenters. The second kappa shape index (κ2) is 7.65. The SMILES string of the molecule is Clc1ccc(CO[C@@H]2c3ccccc3SC[C@@H]2Cc2ncc[nH]2)cc1. The molecule has 1 aliphatic heterocycles. The Morgan fingerprint density at radius 1 is 1.16 bits per heavy atom. The molecule has 4 rings (SSSR count). The van der Waals surface area contributed by atoms with Gasteiger partial charge in [-0.3, -0.25) is 0 Å². The lowest BCUT2D eigenvalue weighted by molar-refractivity contribution is 0.00174. The predicted molar refractivity (Wildman–Crippen MR) is 102 cm³/mol. The van der Waals surface area contributed by atoms with Crippen LogP contribution in [0.4, 0.5) is 0 Å². The summed E-state index contributed by atoms with van der Waals surface area (Å²) in [6, 6.07) is 16.4. The van der Waals surface area contributed by atoms with E-state index in [1.807, 2.05) is 48.4 Å². The molecule has 1 aliphatic rings. The second-order valence-electron chi connectivity index (χ2n) is 6.21. The average molecular weight is 371 g/mol. The Hall–Kier alpha value is -1.75. The van der Waals surface area contributed by atoms with Crippen LogP contribution in [0.25, 0.3) is 0 Å². The van der Waals surface area contributed by atoms with Crippen molar-refractivity contribution in [3.05, 3.63) is 82.9 Å². The third-order valence-electron chi connectivity index (χ3n) is 4.46. The Morgan fingerprint density at radius 3 is 2.80 bits per heavy atom. The van der Waals surface area contributed by atoms with Crippen LogP contribution >= 0.6 is 23.4 Å². The average Bonchev–Trinajstić information content (AvgIpc) is 3.15. The summed E-state index contributed by atoms with van der Waals surface area (Å²) in [5, 5.41) is 0.749. The molecule has 2 heterocycles. The van der Waals surface area contributed by atoms with E-state index in [0.717, 1.165) is 28.6 Å². The van der Waals surface area contributed by atoms with Crippen LogP contribution in [-0.2, 0) is 17.8 Å². The van der Waals surface area contributed by atoms with Gasteiger partial charge in [0.25, 0.3) is 0 Å². The summed E-state index contributed by atoms with van der Waals surface area (Å²) >= 11 is 7.88. The summed E-state index contributed by atoms with van der Waals surface area (Å²) in [5.41, 5.74) is 2.42. The van der Waals surface area contributed by atoms with Crippen LogP contribution in [-0.4, -0.2) is 15.7 Å². The van der Waals surface area contributed by atoms with Crippen molar-refractivity contribution in [2.45, 2.75) is 24.0 Å². The summed E-state index contributed by atoms with van der Waals surface area (Å²) in [7, 11) is 0. The molecule has 0 bridgehead atoms. The van der Waals surface area contributed by atoms with Crippen LogP contribution in [0.1, 0.15) is 23.1 Å². The van der Waals surface area contributed by atoms with Crippen molar-refractivity contribution in [1.82, 2.24) is 9.97 Å². The van der Waals surface area contributed by atoms with Crippen molar-refractivity contribution in [2.75, 3.05) is 5.75 Å². The molecule has 3 nitrogen and oxygen atoms in total. The highest BCUT2D eigenvalue weighted by atomic mass is 35.5. The van der Waals surface area contributed by atoms with Crippen LogP contribution in [0.3, 0.4) is 0 Å². The molecule has 0 spiro atoms. The fraction of sp³-hybridized carbons (Fsp3) is 0.250. The number of fused-ring (bicyclic) bond motifs is 1. The lowest BCUT2D eigenvalue weighted by Crippen LogP contribution is -2.25. The Bertz CT molecular complexity index is 820. The minimum atomic E-state index is 0.0678. The van der Waals surface area contributed by atoms with Crippen LogP contribution < -0.4 is 0 Å². The van der Waals surface area contributed by atoms with Gasteiger partial charge in [-0.2, -0.15) is 0 Å². The van der Waals surface area contributed by atoms with E-state index in [2.05, 4.69) is 34.2 Å². The van der Waals surface area contributed by atoms with Gasteiger partial charge in [0.05, 0.1) is 12.7 Å². The van der Waals surface area contributed by atoms with E-state index in [1.165, 1.54) is 10.5 Å². The summed E-state index contributed by atoms with van der Waals surface area (Å²) in [5.74, 6) is 2.44. The standard InChI is InChI=1S/C20H19ClN2OS/c21-16-7-5-14(6-8-16)12-24-20-15(11-19-22-9-10-23-19)13-25-18-4-2-1-3-17(18)20/h1-10,15,20H,11-13H2,(H,22,23)/t15-,20-/m0/s1. The first-order valence-corrected chi connectivity index (χ1v) is 9.72. The Kier molecular flexibility index (Phi) is 5.11. The zero-order chi connectivity index (χ0) is 17.1. The maximum atomic E-state index is 6.40. The fourth-order valence-corrected chi connectivity index (χ4v) is 4.54. The van der Waals surface area contributed by atoms with E-state index in [1.54, 1.807) is 0 Å². The third-order valence-corrected chi connectivity index (χ3v) is 5.99. The largest absolute Gasteiger partial charge is 0.368 e. The minimum Gasteiger partial charge on any atom is -0.368 e. The molecule has 0 saturated carbocycles. The van der Waals surface area contributed by atoms with Gasteiger partial charge in [-0.1, -0.05) is 41.9 Å². The fourth-order valence-electron chi connectivity index (χ4n) is 3.20. The van der Waals surface area contributed by atoms with Crippen LogP contribution in [0, 0.1) is 5.92 Å². The van der Waals surface area contributed by atoms with Crippen molar-refractivity contribution in [2.24, 2.45) is 5.92 Å². The van der Waals surface area contributed by atoms with E-state index in [0.29, 0.717) is 12.5 Å². The van der Waals surface area contributed by atoms with Crippen molar-refractivity contribution >= 4 is 23.4 Å². The molecule has 0 aliphatic carbocycles. The van der Waals surface area contributed by atoms with Gasteiger partial charge in [0, 0.05) is 40.4 Å². The number of rotatable bonds is 5. The summed E-state index contributed by atoms with van der Waals surface area (Å²) in [6.07, 6.45) is 4.64. The molecule has 1 aromatic heterocycles. The molecular formula is C20H19ClN2OS. The van der Waals surface area contributed by atoms with Crippen molar-refractivity contribution < 1.29 is 4.74 Å². The predicted octanol–water partition coefficient (Wildman–Crippen LogP) is 5.29. The molecule has 0 fully saturated rings. The van der Waals surface area contributed by atoms with Gasteiger partial charge in [0.2, 0.25) is 0 Å². The van der Waals surface area contributed by atoms with Gasteiger partial charge < -0.3 is 9.72 Å². The molecule has 0 amide bonds. The first-order valence-electron chi connectivity index (χ1n) is 8.35. The van der Waals surface area contributed by atoms with E-state index in [4.69, 9.17) is 16.3 Å². The van der Waals surface area contributed by atoms with E-state index < -0.39 is 0 Å². The highest BCUT2D eigenvalue weighted by Gasteiger charge is 2.31. The Labute approximate surface area is 156 Å². The Balaban J connectivity index is 1.55. The van der Waals surface area contributed by atoms with Gasteiger partial charge in [-0.15, -0.1) is 11.8 Å². The number of imidazole rings is 1. The maximum absolute atomic E-state index is 6.40. The topological polar surface area (TPSA) is 37.9 Å². The van der Waals surface area contributed by atoms with Gasteiger partial charge in [0.1, 0.15) is 5.82 Å². The number of aromatic amines is 1. The van der Waals surface area contributed by atoms with Gasteiger partial charge in [-0.05, 0) is 29.3 Å². The highest BCUT2D eigenvalue weighted by Crippen LogP contribution is 2.43. The zero-order valence-corrected chi connectivity index (χ0v) is 15.3. The van der Waals surface area contributed by atoms with E-state index in [9.17, 15) is 0 Å². The molecule has 0 radical (unpaired) electrons. The maximum Gasteiger partial charge on any atom is 0.106 e.